The standard InChI is InChI=1S/C23H32N4O3.HI/c1-24-23(26-17-22(28)25-14-12-18-8-6-5-7-9-18)27(2)15-13-19-10-11-20(29-3)21(16-19)30-4;/h5-11,16H,12-15,17H2,1-4H3,(H,24,26)(H,25,28);1H. The summed E-state index contributed by atoms with van der Waals surface area (Å²) in [4.78, 5) is 18.4. The zero-order valence-electron chi connectivity index (χ0n) is 18.7. The van der Waals surface area contributed by atoms with Crippen LogP contribution in [0.5, 0.6) is 11.5 Å². The predicted octanol–water partition coefficient (Wildman–Crippen LogP) is 2.73. The molecule has 2 aromatic rings. The molecule has 0 radical (unpaired) electrons. The van der Waals surface area contributed by atoms with Gasteiger partial charge in [-0.05, 0) is 36.1 Å². The Morgan fingerprint density at radius 2 is 1.68 bits per heavy atom. The molecular weight excluding hydrogens is 507 g/mol. The number of likely N-dealkylation sites (N-methyl/N-ethyl adjacent to an activating group) is 1. The van der Waals surface area contributed by atoms with Crippen LogP contribution in [-0.4, -0.2) is 64.7 Å². The summed E-state index contributed by atoms with van der Waals surface area (Å²) >= 11 is 0. The van der Waals surface area contributed by atoms with Crippen molar-refractivity contribution in [3.05, 3.63) is 59.7 Å². The first-order valence-electron chi connectivity index (χ1n) is 10.0. The monoisotopic (exact) mass is 540 g/mol. The highest BCUT2D eigenvalue weighted by Crippen LogP contribution is 2.27. The van der Waals surface area contributed by atoms with Gasteiger partial charge in [0.15, 0.2) is 17.5 Å². The van der Waals surface area contributed by atoms with E-state index in [0.717, 1.165) is 24.9 Å². The van der Waals surface area contributed by atoms with Crippen molar-refractivity contribution in [3.8, 4) is 11.5 Å². The lowest BCUT2D eigenvalue weighted by Crippen LogP contribution is -2.44. The highest BCUT2D eigenvalue weighted by Gasteiger charge is 2.10. The van der Waals surface area contributed by atoms with Gasteiger partial charge in [0.05, 0.1) is 20.8 Å². The maximum absolute atomic E-state index is 12.1. The number of carbonyl (C=O) groups excluding carboxylic acids is 1. The molecule has 2 rings (SSSR count). The molecule has 170 valence electrons. The number of ether oxygens (including phenoxy) is 2. The fourth-order valence-electron chi connectivity index (χ4n) is 3.04. The molecule has 2 N–H and O–H groups in total. The number of halogens is 1. The van der Waals surface area contributed by atoms with Crippen LogP contribution in [0.2, 0.25) is 0 Å². The second kappa shape index (κ2) is 14.5. The van der Waals surface area contributed by atoms with E-state index in [0.29, 0.717) is 24.0 Å². The number of nitrogens with one attached hydrogen (secondary N) is 2. The van der Waals surface area contributed by atoms with Crippen LogP contribution in [0, 0.1) is 0 Å². The highest BCUT2D eigenvalue weighted by molar-refractivity contribution is 14.0. The van der Waals surface area contributed by atoms with E-state index in [2.05, 4.69) is 27.8 Å². The van der Waals surface area contributed by atoms with Crippen molar-refractivity contribution in [2.24, 2.45) is 4.99 Å². The molecule has 0 heterocycles. The van der Waals surface area contributed by atoms with E-state index in [-0.39, 0.29) is 36.4 Å². The number of hydrogen-bond acceptors (Lipinski definition) is 4. The fourth-order valence-corrected chi connectivity index (χ4v) is 3.04. The average molecular weight is 540 g/mol. The van der Waals surface area contributed by atoms with Crippen LogP contribution in [0.1, 0.15) is 11.1 Å². The van der Waals surface area contributed by atoms with Gasteiger partial charge in [0.1, 0.15) is 0 Å². The second-order valence-corrected chi connectivity index (χ2v) is 6.85. The number of aliphatic imine (C=N–C) groups is 1. The molecule has 0 saturated carbocycles. The van der Waals surface area contributed by atoms with Gasteiger partial charge < -0.3 is 25.0 Å². The number of rotatable bonds is 10. The second-order valence-electron chi connectivity index (χ2n) is 6.85. The van der Waals surface area contributed by atoms with E-state index in [9.17, 15) is 4.79 Å². The summed E-state index contributed by atoms with van der Waals surface area (Å²) in [5.74, 6) is 2.05. The first-order valence-corrected chi connectivity index (χ1v) is 10.0. The molecule has 2 aromatic carbocycles. The Balaban J connectivity index is 0.00000480. The Morgan fingerprint density at radius 1 is 0.968 bits per heavy atom. The molecule has 31 heavy (non-hydrogen) atoms. The molecule has 0 unspecified atom stereocenters. The number of methoxy groups -OCH3 is 2. The molecule has 7 nitrogen and oxygen atoms in total. The lowest BCUT2D eigenvalue weighted by atomic mass is 10.1. The lowest BCUT2D eigenvalue weighted by Gasteiger charge is -2.22. The van der Waals surface area contributed by atoms with Crippen molar-refractivity contribution in [1.82, 2.24) is 15.5 Å². The van der Waals surface area contributed by atoms with Crippen molar-refractivity contribution < 1.29 is 14.3 Å². The zero-order chi connectivity index (χ0) is 21.8. The van der Waals surface area contributed by atoms with Gasteiger partial charge in [-0.3, -0.25) is 9.79 Å². The summed E-state index contributed by atoms with van der Waals surface area (Å²) < 4.78 is 10.6. The van der Waals surface area contributed by atoms with Crippen molar-refractivity contribution in [2.45, 2.75) is 12.8 Å². The summed E-state index contributed by atoms with van der Waals surface area (Å²) in [6.07, 6.45) is 1.62. The molecule has 1 amide bonds. The summed E-state index contributed by atoms with van der Waals surface area (Å²) in [5.41, 5.74) is 2.34. The van der Waals surface area contributed by atoms with E-state index in [4.69, 9.17) is 9.47 Å². The normalized spacial score (nSPS) is 10.6. The SMILES string of the molecule is CN=C(NCC(=O)NCCc1ccccc1)N(C)CCc1ccc(OC)c(OC)c1.I. The predicted molar refractivity (Wildman–Crippen MR) is 136 cm³/mol. The van der Waals surface area contributed by atoms with Crippen molar-refractivity contribution >= 4 is 35.8 Å². The fraction of sp³-hybridized carbons (Fsp3) is 0.391. The van der Waals surface area contributed by atoms with Gasteiger partial charge in [0, 0.05) is 27.2 Å². The average Bonchev–Trinajstić information content (AvgIpc) is 2.78. The molecule has 0 aliphatic heterocycles. The third-order valence-electron chi connectivity index (χ3n) is 4.74. The topological polar surface area (TPSA) is 75.2 Å². The number of nitrogens with zero attached hydrogens (tertiary/aromatic N) is 2. The van der Waals surface area contributed by atoms with Crippen LogP contribution in [0.3, 0.4) is 0 Å². The number of amides is 1. The number of carbonyl (C=O) groups is 1. The van der Waals surface area contributed by atoms with Gasteiger partial charge in [-0.25, -0.2) is 0 Å². The Hall–Kier alpha value is -2.49. The molecule has 0 bridgehead atoms. The smallest absolute Gasteiger partial charge is 0.239 e. The summed E-state index contributed by atoms with van der Waals surface area (Å²) in [6, 6.07) is 16.0. The Morgan fingerprint density at radius 3 is 2.32 bits per heavy atom. The third-order valence-corrected chi connectivity index (χ3v) is 4.74. The van der Waals surface area contributed by atoms with Gasteiger partial charge >= 0.3 is 0 Å². The maximum atomic E-state index is 12.1. The zero-order valence-corrected chi connectivity index (χ0v) is 21.0. The van der Waals surface area contributed by atoms with Gasteiger partial charge in [-0.15, -0.1) is 24.0 Å². The minimum Gasteiger partial charge on any atom is -0.493 e. The molecule has 0 aliphatic rings. The van der Waals surface area contributed by atoms with Gasteiger partial charge in [-0.2, -0.15) is 0 Å². The van der Waals surface area contributed by atoms with Crippen molar-refractivity contribution in [1.29, 1.82) is 0 Å². The van der Waals surface area contributed by atoms with E-state index in [1.165, 1.54) is 5.56 Å². The number of benzene rings is 2. The first kappa shape index (κ1) is 26.5. The molecule has 0 aromatic heterocycles. The van der Waals surface area contributed by atoms with Crippen molar-refractivity contribution in [3.63, 3.8) is 0 Å². The molecule has 0 fully saturated rings. The minimum absolute atomic E-state index is 0. The van der Waals surface area contributed by atoms with Crippen LogP contribution < -0.4 is 20.1 Å². The van der Waals surface area contributed by atoms with Crippen LogP contribution in [0.15, 0.2) is 53.5 Å². The quantitative estimate of drug-likeness (QED) is 0.276. The highest BCUT2D eigenvalue weighted by atomic mass is 127. The molecule has 0 saturated heterocycles. The summed E-state index contributed by atoms with van der Waals surface area (Å²) in [5, 5.41) is 6.04. The third kappa shape index (κ3) is 9.04. The summed E-state index contributed by atoms with van der Waals surface area (Å²) in [6.45, 7) is 1.53. The van der Waals surface area contributed by atoms with Gasteiger partial charge in [0.25, 0.3) is 0 Å². The Labute approximate surface area is 202 Å². The van der Waals surface area contributed by atoms with E-state index in [1.54, 1.807) is 21.3 Å². The largest absolute Gasteiger partial charge is 0.493 e. The van der Waals surface area contributed by atoms with E-state index in [1.807, 2.05) is 48.3 Å². The number of guanidine groups is 1. The molecular formula is C23H33IN4O3. The van der Waals surface area contributed by atoms with Gasteiger partial charge in [-0.1, -0.05) is 36.4 Å². The minimum atomic E-state index is -0.0552. The summed E-state index contributed by atoms with van der Waals surface area (Å²) in [7, 11) is 6.91. The molecule has 0 aliphatic carbocycles. The first-order chi connectivity index (χ1) is 14.6. The molecule has 0 atom stereocenters. The van der Waals surface area contributed by atoms with Gasteiger partial charge in [0.2, 0.25) is 5.91 Å². The van der Waals surface area contributed by atoms with Crippen LogP contribution in [0.25, 0.3) is 0 Å². The Bertz CT molecular complexity index is 831. The van der Waals surface area contributed by atoms with Crippen LogP contribution in [0.4, 0.5) is 0 Å². The van der Waals surface area contributed by atoms with Crippen molar-refractivity contribution in [2.75, 3.05) is 47.9 Å². The molecule has 8 heteroatoms. The maximum Gasteiger partial charge on any atom is 0.239 e. The van der Waals surface area contributed by atoms with E-state index < -0.39 is 0 Å². The number of hydrogen-bond donors (Lipinski definition) is 2. The van der Waals surface area contributed by atoms with Crippen LogP contribution >= 0.6 is 24.0 Å². The Kier molecular flexibility index (Phi) is 12.4. The lowest BCUT2D eigenvalue weighted by molar-refractivity contribution is -0.120. The molecule has 0 spiro atoms. The van der Waals surface area contributed by atoms with E-state index >= 15 is 0 Å². The van der Waals surface area contributed by atoms with Crippen LogP contribution in [-0.2, 0) is 17.6 Å².